The van der Waals surface area contributed by atoms with Gasteiger partial charge in [0.2, 0.25) is 0 Å². The number of hydrogen-bond donors (Lipinski definition) is 1. The average Bonchev–Trinajstić information content (AvgIpc) is 2.23. The van der Waals surface area contributed by atoms with Crippen LogP contribution in [0.3, 0.4) is 0 Å². The predicted octanol–water partition coefficient (Wildman–Crippen LogP) is 1.91. The van der Waals surface area contributed by atoms with Crippen LogP contribution >= 0.6 is 0 Å². The molecule has 3 heteroatoms. The molecule has 0 spiro atoms. The lowest BCUT2D eigenvalue weighted by Crippen LogP contribution is -2.36. The molecule has 2 unspecified atom stereocenters. The molecule has 0 aliphatic carbocycles. The lowest BCUT2D eigenvalue weighted by atomic mass is 9.91. The van der Waals surface area contributed by atoms with Crippen molar-refractivity contribution >= 4 is 5.78 Å². The van der Waals surface area contributed by atoms with Crippen LogP contribution in [0.25, 0.3) is 0 Å². The fraction of sp³-hybridized carbons (Fsp3) is 0.417. The van der Waals surface area contributed by atoms with Crippen molar-refractivity contribution in [3.8, 4) is 0 Å². The zero-order chi connectivity index (χ0) is 11.0. The molecular formula is C12H14O3. The third kappa shape index (κ3) is 1.68. The first kappa shape index (κ1) is 10.3. The number of rotatable bonds is 1. The lowest BCUT2D eigenvalue weighted by molar-refractivity contribution is -0.143. The van der Waals surface area contributed by atoms with Crippen molar-refractivity contribution < 1.29 is 14.6 Å². The summed E-state index contributed by atoms with van der Waals surface area (Å²) >= 11 is 0. The summed E-state index contributed by atoms with van der Waals surface area (Å²) in [5.41, 5.74) is 1.15. The first-order valence-corrected chi connectivity index (χ1v) is 5.08. The number of hydrogen-bond acceptors (Lipinski definition) is 3. The van der Waals surface area contributed by atoms with Crippen LogP contribution in [-0.2, 0) is 4.74 Å². The number of benzene rings is 1. The van der Waals surface area contributed by atoms with Gasteiger partial charge in [-0.3, -0.25) is 4.79 Å². The molecule has 80 valence electrons. The number of Topliss-reactive ketones (excluding diaryl/α,β-unsaturated/α-hetero) is 1. The van der Waals surface area contributed by atoms with Gasteiger partial charge in [0.15, 0.2) is 12.1 Å². The Hall–Kier alpha value is -1.19. The van der Waals surface area contributed by atoms with Crippen LogP contribution in [0, 0.1) is 5.92 Å². The Labute approximate surface area is 88.7 Å². The van der Waals surface area contributed by atoms with Gasteiger partial charge in [0.25, 0.3) is 0 Å². The topological polar surface area (TPSA) is 46.5 Å². The van der Waals surface area contributed by atoms with Crippen LogP contribution in [0.1, 0.15) is 36.1 Å². The number of ether oxygens (including phenoxy) is 1. The zero-order valence-corrected chi connectivity index (χ0v) is 8.81. The van der Waals surface area contributed by atoms with Crippen molar-refractivity contribution in [1.82, 2.24) is 0 Å². The molecule has 0 amide bonds. The highest BCUT2D eigenvalue weighted by molar-refractivity contribution is 6.01. The Kier molecular flexibility index (Phi) is 2.59. The minimum atomic E-state index is -0.980. The van der Waals surface area contributed by atoms with E-state index >= 15 is 0 Å². The van der Waals surface area contributed by atoms with Crippen LogP contribution in [0.15, 0.2) is 24.3 Å². The summed E-state index contributed by atoms with van der Waals surface area (Å²) in [6.45, 7) is 3.81. The van der Waals surface area contributed by atoms with Gasteiger partial charge in [0.05, 0.1) is 0 Å². The van der Waals surface area contributed by atoms with E-state index in [0.717, 1.165) is 0 Å². The van der Waals surface area contributed by atoms with Crippen LogP contribution in [0.5, 0.6) is 0 Å². The van der Waals surface area contributed by atoms with Crippen molar-refractivity contribution in [2.75, 3.05) is 0 Å². The summed E-state index contributed by atoms with van der Waals surface area (Å²) in [5, 5.41) is 9.72. The molecule has 0 saturated carbocycles. The molecule has 0 bridgehead atoms. The van der Waals surface area contributed by atoms with Gasteiger partial charge in [-0.25, -0.2) is 0 Å². The third-order valence-electron chi connectivity index (χ3n) is 2.63. The fourth-order valence-electron chi connectivity index (χ4n) is 1.82. The monoisotopic (exact) mass is 206 g/mol. The molecule has 1 aliphatic heterocycles. The molecule has 2 atom stereocenters. The number of aliphatic hydroxyl groups excluding tert-OH is 1. The first-order valence-electron chi connectivity index (χ1n) is 5.08. The molecule has 1 N–H and O–H groups in total. The summed E-state index contributed by atoms with van der Waals surface area (Å²) in [6, 6.07) is 7.04. The van der Waals surface area contributed by atoms with E-state index in [1.165, 1.54) is 0 Å². The number of aliphatic hydroxyl groups is 1. The smallest absolute Gasteiger partial charge is 0.192 e. The molecule has 1 aromatic rings. The number of carbonyl (C=O) groups excluding carboxylic acids is 1. The Morgan fingerprint density at radius 3 is 2.67 bits per heavy atom. The molecule has 2 rings (SSSR count). The maximum Gasteiger partial charge on any atom is 0.192 e. The van der Waals surface area contributed by atoms with Gasteiger partial charge < -0.3 is 9.84 Å². The first-order chi connectivity index (χ1) is 7.11. The van der Waals surface area contributed by atoms with Gasteiger partial charge >= 0.3 is 0 Å². The van der Waals surface area contributed by atoms with Gasteiger partial charge in [0, 0.05) is 11.1 Å². The van der Waals surface area contributed by atoms with Crippen molar-refractivity contribution in [2.24, 2.45) is 5.92 Å². The Bertz CT molecular complexity index is 384. The highest BCUT2D eigenvalue weighted by atomic mass is 16.6. The van der Waals surface area contributed by atoms with E-state index in [1.54, 1.807) is 24.3 Å². The van der Waals surface area contributed by atoms with Crippen LogP contribution in [-0.4, -0.2) is 17.0 Å². The second-order valence-electron chi connectivity index (χ2n) is 4.10. The van der Waals surface area contributed by atoms with Crippen LogP contribution < -0.4 is 0 Å². The summed E-state index contributed by atoms with van der Waals surface area (Å²) < 4.78 is 5.29. The normalized spacial score (nSPS) is 25.5. The van der Waals surface area contributed by atoms with Crippen LogP contribution in [0.2, 0.25) is 0 Å². The molecule has 0 saturated heterocycles. The molecule has 1 aliphatic rings. The number of carbonyl (C=O) groups is 1. The van der Waals surface area contributed by atoms with Gasteiger partial charge in [-0.05, 0) is 5.92 Å². The van der Waals surface area contributed by atoms with Gasteiger partial charge in [-0.15, -0.1) is 0 Å². The summed E-state index contributed by atoms with van der Waals surface area (Å²) in [4.78, 5) is 12.0. The Balaban J connectivity index is 2.44. The van der Waals surface area contributed by atoms with Gasteiger partial charge in [-0.1, -0.05) is 38.1 Å². The second kappa shape index (κ2) is 3.76. The van der Waals surface area contributed by atoms with Crippen molar-refractivity contribution in [1.29, 1.82) is 0 Å². The molecule has 0 fully saturated rings. The molecule has 1 aromatic carbocycles. The zero-order valence-electron chi connectivity index (χ0n) is 8.81. The van der Waals surface area contributed by atoms with E-state index in [4.69, 9.17) is 4.74 Å². The second-order valence-corrected chi connectivity index (χ2v) is 4.10. The largest absolute Gasteiger partial charge is 0.364 e. The Morgan fingerprint density at radius 1 is 1.33 bits per heavy atom. The minimum Gasteiger partial charge on any atom is -0.364 e. The standard InChI is InChI=1S/C12H14O3/c1-7(2)11-10(13)8-5-3-4-6-9(8)12(14)15-11/h3-7,11-12,14H,1-2H3. The van der Waals surface area contributed by atoms with Crippen molar-refractivity contribution in [3.63, 3.8) is 0 Å². The minimum absolute atomic E-state index is 0.0362. The van der Waals surface area contributed by atoms with E-state index in [-0.39, 0.29) is 11.7 Å². The average molecular weight is 206 g/mol. The predicted molar refractivity (Wildman–Crippen MR) is 55.4 cm³/mol. The molecular weight excluding hydrogens is 192 g/mol. The maximum absolute atomic E-state index is 12.0. The highest BCUT2D eigenvalue weighted by Gasteiger charge is 2.34. The Morgan fingerprint density at radius 2 is 2.00 bits per heavy atom. The van der Waals surface area contributed by atoms with E-state index < -0.39 is 12.4 Å². The molecule has 0 aromatic heterocycles. The summed E-state index contributed by atoms with van der Waals surface area (Å²) in [5.74, 6) is 0.0337. The third-order valence-corrected chi connectivity index (χ3v) is 2.63. The summed E-state index contributed by atoms with van der Waals surface area (Å²) in [7, 11) is 0. The van der Waals surface area contributed by atoms with E-state index in [2.05, 4.69) is 0 Å². The highest BCUT2D eigenvalue weighted by Crippen LogP contribution is 2.30. The molecule has 3 nitrogen and oxygen atoms in total. The van der Waals surface area contributed by atoms with E-state index in [1.807, 2.05) is 13.8 Å². The number of ketones is 1. The molecule has 1 heterocycles. The van der Waals surface area contributed by atoms with E-state index in [0.29, 0.717) is 11.1 Å². The number of fused-ring (bicyclic) bond motifs is 1. The maximum atomic E-state index is 12.0. The fourth-order valence-corrected chi connectivity index (χ4v) is 1.82. The van der Waals surface area contributed by atoms with E-state index in [9.17, 15) is 9.90 Å². The van der Waals surface area contributed by atoms with Crippen LogP contribution in [0.4, 0.5) is 0 Å². The summed E-state index contributed by atoms with van der Waals surface area (Å²) in [6.07, 6.45) is -1.51. The molecule has 0 radical (unpaired) electrons. The quantitative estimate of drug-likeness (QED) is 0.763. The van der Waals surface area contributed by atoms with Gasteiger partial charge in [0.1, 0.15) is 6.10 Å². The van der Waals surface area contributed by atoms with Crippen molar-refractivity contribution in [2.45, 2.75) is 26.2 Å². The molecule has 15 heavy (non-hydrogen) atoms. The lowest BCUT2D eigenvalue weighted by Gasteiger charge is -2.30. The SMILES string of the molecule is CC(C)C1OC(O)c2ccccc2C1=O. The van der Waals surface area contributed by atoms with Gasteiger partial charge in [-0.2, -0.15) is 0 Å². The van der Waals surface area contributed by atoms with Crippen molar-refractivity contribution in [3.05, 3.63) is 35.4 Å².